The molecule has 0 fully saturated rings. The molecule has 0 aromatic carbocycles. The van der Waals surface area contributed by atoms with Gasteiger partial charge in [-0.3, -0.25) is 9.48 Å². The van der Waals surface area contributed by atoms with Gasteiger partial charge in [0.2, 0.25) is 5.91 Å². The summed E-state index contributed by atoms with van der Waals surface area (Å²) in [5.41, 5.74) is 4.96. The molecule has 0 aliphatic rings. The molecule has 0 spiro atoms. The highest BCUT2D eigenvalue weighted by Crippen LogP contribution is 2.03. The molecule has 0 atom stereocenters. The van der Waals surface area contributed by atoms with Crippen molar-refractivity contribution in [2.75, 3.05) is 0 Å². The quantitative estimate of drug-likeness (QED) is 0.803. The van der Waals surface area contributed by atoms with Crippen LogP contribution in [0.2, 0.25) is 0 Å². The van der Waals surface area contributed by atoms with E-state index in [0.717, 1.165) is 4.60 Å². The lowest BCUT2D eigenvalue weighted by Crippen LogP contribution is -2.14. The van der Waals surface area contributed by atoms with E-state index in [1.165, 1.54) is 0 Å². The molecule has 0 bridgehead atoms. The van der Waals surface area contributed by atoms with E-state index in [4.69, 9.17) is 5.73 Å². The second kappa shape index (κ2) is 3.52. The first-order valence-corrected chi connectivity index (χ1v) is 3.95. The van der Waals surface area contributed by atoms with Crippen LogP contribution in [0, 0.1) is 0 Å². The zero-order valence-electron chi connectivity index (χ0n) is 5.83. The van der Waals surface area contributed by atoms with Crippen molar-refractivity contribution in [2.45, 2.75) is 13.0 Å². The lowest BCUT2D eigenvalue weighted by atomic mass is 10.4. The Hall–Kier alpha value is -0.840. The molecule has 0 saturated heterocycles. The fourth-order valence-electron chi connectivity index (χ4n) is 0.686. The van der Waals surface area contributed by atoms with Crippen molar-refractivity contribution in [3.63, 3.8) is 0 Å². The molecule has 1 rings (SSSR count). The third-order valence-corrected chi connectivity index (χ3v) is 1.62. The largest absolute Gasteiger partial charge is 0.370 e. The summed E-state index contributed by atoms with van der Waals surface area (Å²) in [6, 6.07) is 1.81. The summed E-state index contributed by atoms with van der Waals surface area (Å²) in [6.45, 7) is 0.543. The SMILES string of the molecule is NC(=O)CCn1ccc(Br)n1. The lowest BCUT2D eigenvalue weighted by Gasteiger charge is -1.95. The van der Waals surface area contributed by atoms with Gasteiger partial charge in [0.1, 0.15) is 4.60 Å². The molecule has 5 heteroatoms. The maximum Gasteiger partial charge on any atom is 0.219 e. The first-order valence-electron chi connectivity index (χ1n) is 3.16. The third-order valence-electron chi connectivity index (χ3n) is 1.20. The van der Waals surface area contributed by atoms with Crippen LogP contribution in [0.5, 0.6) is 0 Å². The molecule has 0 unspecified atom stereocenters. The predicted molar refractivity (Wildman–Crippen MR) is 43.7 cm³/mol. The van der Waals surface area contributed by atoms with Gasteiger partial charge in [0.05, 0.1) is 0 Å². The highest BCUT2D eigenvalue weighted by Gasteiger charge is 1.97. The van der Waals surface area contributed by atoms with Crippen molar-refractivity contribution in [2.24, 2.45) is 5.73 Å². The molecule has 1 aromatic heterocycles. The van der Waals surface area contributed by atoms with Crippen molar-refractivity contribution in [1.82, 2.24) is 9.78 Å². The second-order valence-corrected chi connectivity index (χ2v) is 2.93. The number of carbonyl (C=O) groups excluding carboxylic acids is 1. The first-order chi connectivity index (χ1) is 5.18. The molecule has 0 aliphatic carbocycles. The Balaban J connectivity index is 2.45. The van der Waals surface area contributed by atoms with Crippen LogP contribution in [-0.4, -0.2) is 15.7 Å². The average Bonchev–Trinajstić information content (AvgIpc) is 2.31. The Morgan fingerprint density at radius 2 is 2.55 bits per heavy atom. The summed E-state index contributed by atoms with van der Waals surface area (Å²) < 4.78 is 2.43. The molecule has 60 valence electrons. The number of hydrogen-bond acceptors (Lipinski definition) is 2. The Bertz CT molecular complexity index is 258. The van der Waals surface area contributed by atoms with E-state index in [9.17, 15) is 4.79 Å². The maximum atomic E-state index is 10.3. The molecule has 11 heavy (non-hydrogen) atoms. The van der Waals surface area contributed by atoms with Gasteiger partial charge in [-0.2, -0.15) is 5.10 Å². The summed E-state index contributed by atoms with van der Waals surface area (Å²) in [4.78, 5) is 10.3. The Labute approximate surface area is 72.5 Å². The summed E-state index contributed by atoms with van der Waals surface area (Å²) in [5, 5.41) is 4.01. The van der Waals surface area contributed by atoms with Gasteiger partial charge in [-0.15, -0.1) is 0 Å². The smallest absolute Gasteiger partial charge is 0.219 e. The van der Waals surface area contributed by atoms with Crippen molar-refractivity contribution in [1.29, 1.82) is 0 Å². The molecule has 0 aliphatic heterocycles. The van der Waals surface area contributed by atoms with Crippen LogP contribution in [0.1, 0.15) is 6.42 Å². The van der Waals surface area contributed by atoms with Crippen LogP contribution >= 0.6 is 15.9 Å². The minimum absolute atomic E-state index is 0.309. The van der Waals surface area contributed by atoms with E-state index in [0.29, 0.717) is 13.0 Å². The molecule has 1 heterocycles. The Kier molecular flexibility index (Phi) is 2.64. The van der Waals surface area contributed by atoms with Crippen LogP contribution < -0.4 is 5.73 Å². The second-order valence-electron chi connectivity index (χ2n) is 2.12. The molecule has 4 nitrogen and oxygen atoms in total. The molecular weight excluding hydrogens is 210 g/mol. The first kappa shape index (κ1) is 8.26. The van der Waals surface area contributed by atoms with Crippen molar-refractivity contribution < 1.29 is 4.79 Å². The fourth-order valence-corrected chi connectivity index (χ4v) is 1.01. The summed E-state index contributed by atoms with van der Waals surface area (Å²) >= 11 is 3.19. The highest BCUT2D eigenvalue weighted by molar-refractivity contribution is 9.10. The van der Waals surface area contributed by atoms with E-state index in [-0.39, 0.29) is 5.91 Å². The van der Waals surface area contributed by atoms with Crippen molar-refractivity contribution >= 4 is 21.8 Å². The molecule has 1 aromatic rings. The van der Waals surface area contributed by atoms with E-state index < -0.39 is 0 Å². The van der Waals surface area contributed by atoms with Crippen LogP contribution in [-0.2, 0) is 11.3 Å². The normalized spacial score (nSPS) is 9.91. The van der Waals surface area contributed by atoms with Crippen molar-refractivity contribution in [3.8, 4) is 0 Å². The lowest BCUT2D eigenvalue weighted by molar-refractivity contribution is -0.118. The van der Waals surface area contributed by atoms with E-state index in [1.807, 2.05) is 0 Å². The molecule has 1 amide bonds. The summed E-state index contributed by atoms with van der Waals surface area (Å²) in [7, 11) is 0. The number of carbonyl (C=O) groups is 1. The minimum atomic E-state index is -0.309. The van der Waals surface area contributed by atoms with Gasteiger partial charge < -0.3 is 5.73 Å². The number of hydrogen-bond donors (Lipinski definition) is 1. The van der Waals surface area contributed by atoms with Gasteiger partial charge >= 0.3 is 0 Å². The van der Waals surface area contributed by atoms with Gasteiger partial charge in [-0.25, -0.2) is 0 Å². The maximum absolute atomic E-state index is 10.3. The fraction of sp³-hybridized carbons (Fsp3) is 0.333. The predicted octanol–water partition coefficient (Wildman–Crippen LogP) is 0.521. The standard InChI is InChI=1S/C6H8BrN3O/c7-5-1-3-10(9-5)4-2-6(8)11/h1,3H,2,4H2,(H2,8,11). The Morgan fingerprint density at radius 3 is 3.00 bits per heavy atom. The van der Waals surface area contributed by atoms with Gasteiger partial charge in [0.25, 0.3) is 0 Å². The van der Waals surface area contributed by atoms with Gasteiger partial charge in [-0.1, -0.05) is 0 Å². The molecule has 0 saturated carbocycles. The van der Waals surface area contributed by atoms with Gasteiger partial charge in [-0.05, 0) is 22.0 Å². The molecule has 2 N–H and O–H groups in total. The highest BCUT2D eigenvalue weighted by atomic mass is 79.9. The number of nitrogens with two attached hydrogens (primary N) is 1. The van der Waals surface area contributed by atoms with Gasteiger partial charge in [0.15, 0.2) is 0 Å². The van der Waals surface area contributed by atoms with Crippen LogP contribution in [0.3, 0.4) is 0 Å². The number of halogens is 1. The summed E-state index contributed by atoms with van der Waals surface area (Å²) in [6.07, 6.45) is 2.11. The number of amides is 1. The van der Waals surface area contributed by atoms with E-state index in [1.54, 1.807) is 16.9 Å². The summed E-state index contributed by atoms with van der Waals surface area (Å²) in [5.74, 6) is -0.309. The average molecular weight is 218 g/mol. The van der Waals surface area contributed by atoms with E-state index >= 15 is 0 Å². The van der Waals surface area contributed by atoms with Crippen molar-refractivity contribution in [3.05, 3.63) is 16.9 Å². The van der Waals surface area contributed by atoms with E-state index in [2.05, 4.69) is 21.0 Å². The zero-order chi connectivity index (χ0) is 8.27. The van der Waals surface area contributed by atoms with Gasteiger partial charge in [0, 0.05) is 19.2 Å². The number of nitrogens with zero attached hydrogens (tertiary/aromatic N) is 2. The molecular formula is C6H8BrN3O. The minimum Gasteiger partial charge on any atom is -0.370 e. The Morgan fingerprint density at radius 1 is 1.82 bits per heavy atom. The zero-order valence-corrected chi connectivity index (χ0v) is 7.41. The number of aromatic nitrogens is 2. The van der Waals surface area contributed by atoms with Crippen LogP contribution in [0.4, 0.5) is 0 Å². The number of rotatable bonds is 3. The third kappa shape index (κ3) is 2.71. The van der Waals surface area contributed by atoms with Crippen LogP contribution in [0.25, 0.3) is 0 Å². The monoisotopic (exact) mass is 217 g/mol. The molecule has 0 radical (unpaired) electrons. The topological polar surface area (TPSA) is 60.9 Å². The van der Waals surface area contributed by atoms with Crippen LogP contribution in [0.15, 0.2) is 16.9 Å². The number of primary amides is 1. The number of aryl methyl sites for hydroxylation is 1.